The van der Waals surface area contributed by atoms with Gasteiger partial charge in [0.05, 0.1) is 7.11 Å². The lowest BCUT2D eigenvalue weighted by Crippen LogP contribution is -2.62. The molecule has 154 valence electrons. The van der Waals surface area contributed by atoms with E-state index in [4.69, 9.17) is 4.74 Å². The topological polar surface area (TPSA) is 58.6 Å². The third-order valence-corrected chi connectivity index (χ3v) is 5.65. The number of rotatable bonds is 7. The first-order valence-corrected chi connectivity index (χ1v) is 10.2. The van der Waals surface area contributed by atoms with E-state index in [9.17, 15) is 9.59 Å². The highest BCUT2D eigenvalue weighted by Gasteiger charge is 2.46. The van der Waals surface area contributed by atoms with Crippen molar-refractivity contribution in [3.8, 4) is 5.75 Å². The van der Waals surface area contributed by atoms with E-state index in [2.05, 4.69) is 19.2 Å². The maximum atomic E-state index is 13.3. The lowest BCUT2D eigenvalue weighted by atomic mass is 9.82. The molecule has 3 rings (SSSR count). The van der Waals surface area contributed by atoms with Gasteiger partial charge in [-0.15, -0.1) is 0 Å². The zero-order chi connectivity index (χ0) is 21.0. The van der Waals surface area contributed by atoms with Crippen molar-refractivity contribution in [2.75, 3.05) is 13.7 Å². The van der Waals surface area contributed by atoms with Crippen LogP contribution in [0.1, 0.15) is 48.7 Å². The molecule has 1 aliphatic rings. The molecule has 1 unspecified atom stereocenters. The summed E-state index contributed by atoms with van der Waals surface area (Å²) >= 11 is 0. The Bertz CT molecular complexity index is 876. The van der Waals surface area contributed by atoms with E-state index in [1.54, 1.807) is 12.0 Å². The highest BCUT2D eigenvalue weighted by atomic mass is 16.5. The van der Waals surface area contributed by atoms with Crippen LogP contribution in [-0.2, 0) is 17.8 Å². The molecule has 5 heteroatoms. The maximum Gasteiger partial charge on any atom is 0.255 e. The SMILES string of the molecule is COc1ccc(CNC(=O)C2(C)Cc3ccccc3C(=O)N2CCC(C)C)cc1. The third kappa shape index (κ3) is 4.44. The average Bonchev–Trinajstić information content (AvgIpc) is 2.72. The van der Waals surface area contributed by atoms with Gasteiger partial charge in [-0.3, -0.25) is 9.59 Å². The lowest BCUT2D eigenvalue weighted by molar-refractivity contribution is -0.132. The molecule has 1 N–H and O–H groups in total. The minimum absolute atomic E-state index is 0.0606. The van der Waals surface area contributed by atoms with Crippen LogP contribution in [0.3, 0.4) is 0 Å². The van der Waals surface area contributed by atoms with Crippen LogP contribution in [0.15, 0.2) is 48.5 Å². The lowest BCUT2D eigenvalue weighted by Gasteiger charge is -2.44. The molecule has 0 fully saturated rings. The fourth-order valence-corrected chi connectivity index (χ4v) is 3.77. The number of benzene rings is 2. The number of methoxy groups -OCH3 is 1. The molecule has 0 radical (unpaired) electrons. The van der Waals surface area contributed by atoms with Crippen molar-refractivity contribution in [3.63, 3.8) is 0 Å². The molecule has 0 aliphatic carbocycles. The van der Waals surface area contributed by atoms with Crippen LogP contribution in [0, 0.1) is 5.92 Å². The standard InChI is InChI=1S/C24H30N2O3/c1-17(2)13-14-26-22(27)21-8-6-5-7-19(21)15-24(26,3)23(28)25-16-18-9-11-20(29-4)12-10-18/h5-12,17H,13-16H2,1-4H3,(H,25,28). The molecule has 2 aromatic rings. The highest BCUT2D eigenvalue weighted by Crippen LogP contribution is 2.32. The molecule has 5 nitrogen and oxygen atoms in total. The maximum absolute atomic E-state index is 13.3. The first kappa shape index (κ1) is 20.9. The second-order valence-corrected chi connectivity index (χ2v) is 8.28. The monoisotopic (exact) mass is 394 g/mol. The van der Waals surface area contributed by atoms with Crippen molar-refractivity contribution in [2.24, 2.45) is 5.92 Å². The molecule has 0 bridgehead atoms. The van der Waals surface area contributed by atoms with Crippen molar-refractivity contribution < 1.29 is 14.3 Å². The van der Waals surface area contributed by atoms with Gasteiger partial charge in [0.25, 0.3) is 5.91 Å². The molecule has 1 heterocycles. The smallest absolute Gasteiger partial charge is 0.255 e. The number of carbonyl (C=O) groups is 2. The van der Waals surface area contributed by atoms with Gasteiger partial charge in [-0.05, 0) is 48.6 Å². The van der Waals surface area contributed by atoms with Gasteiger partial charge in [0, 0.05) is 25.1 Å². The minimum atomic E-state index is -0.910. The second-order valence-electron chi connectivity index (χ2n) is 8.28. The summed E-state index contributed by atoms with van der Waals surface area (Å²) in [5.74, 6) is 1.04. The number of fused-ring (bicyclic) bond motifs is 1. The summed E-state index contributed by atoms with van der Waals surface area (Å²) in [5.41, 5.74) is 1.71. The van der Waals surface area contributed by atoms with Crippen LogP contribution in [0.4, 0.5) is 0 Å². The predicted molar refractivity (Wildman–Crippen MR) is 114 cm³/mol. The molecule has 2 amide bonds. The molecule has 2 aromatic carbocycles. The van der Waals surface area contributed by atoms with Gasteiger partial charge in [0.1, 0.15) is 11.3 Å². The van der Waals surface area contributed by atoms with E-state index >= 15 is 0 Å². The van der Waals surface area contributed by atoms with Crippen LogP contribution in [0.5, 0.6) is 5.75 Å². The Morgan fingerprint density at radius 2 is 1.86 bits per heavy atom. The Labute approximate surface area is 173 Å². The zero-order valence-corrected chi connectivity index (χ0v) is 17.7. The Morgan fingerprint density at radius 3 is 2.52 bits per heavy atom. The third-order valence-electron chi connectivity index (χ3n) is 5.65. The summed E-state index contributed by atoms with van der Waals surface area (Å²) in [4.78, 5) is 28.3. The first-order chi connectivity index (χ1) is 13.8. The van der Waals surface area contributed by atoms with E-state index < -0.39 is 5.54 Å². The van der Waals surface area contributed by atoms with Crippen molar-refractivity contribution in [1.82, 2.24) is 10.2 Å². The van der Waals surface area contributed by atoms with Crippen LogP contribution >= 0.6 is 0 Å². The van der Waals surface area contributed by atoms with E-state index in [0.29, 0.717) is 31.0 Å². The highest BCUT2D eigenvalue weighted by molar-refractivity contribution is 6.02. The van der Waals surface area contributed by atoms with Crippen LogP contribution in [0.2, 0.25) is 0 Å². The number of carbonyl (C=O) groups excluding carboxylic acids is 2. The van der Waals surface area contributed by atoms with Gasteiger partial charge < -0.3 is 15.0 Å². The number of nitrogens with zero attached hydrogens (tertiary/aromatic N) is 1. The summed E-state index contributed by atoms with van der Waals surface area (Å²) in [7, 11) is 1.63. The largest absolute Gasteiger partial charge is 0.497 e. The molecule has 0 aromatic heterocycles. The first-order valence-electron chi connectivity index (χ1n) is 10.2. The van der Waals surface area contributed by atoms with Gasteiger partial charge in [0.15, 0.2) is 0 Å². The van der Waals surface area contributed by atoms with E-state index in [1.807, 2.05) is 55.5 Å². The number of hydrogen-bond donors (Lipinski definition) is 1. The molecule has 29 heavy (non-hydrogen) atoms. The van der Waals surface area contributed by atoms with Crippen molar-refractivity contribution in [3.05, 3.63) is 65.2 Å². The van der Waals surface area contributed by atoms with Crippen LogP contribution < -0.4 is 10.1 Å². The fraction of sp³-hybridized carbons (Fsp3) is 0.417. The second kappa shape index (κ2) is 8.68. The number of nitrogens with one attached hydrogen (secondary N) is 1. The Morgan fingerprint density at radius 1 is 1.17 bits per heavy atom. The quantitative estimate of drug-likeness (QED) is 0.777. The summed E-state index contributed by atoms with van der Waals surface area (Å²) in [6.45, 7) is 7.11. The molecule has 0 saturated heterocycles. The fourth-order valence-electron chi connectivity index (χ4n) is 3.77. The van der Waals surface area contributed by atoms with Gasteiger partial charge in [-0.1, -0.05) is 44.2 Å². The molecule has 0 spiro atoms. The van der Waals surface area contributed by atoms with Crippen molar-refractivity contribution >= 4 is 11.8 Å². The summed E-state index contributed by atoms with van der Waals surface area (Å²) in [6, 6.07) is 15.2. The van der Waals surface area contributed by atoms with Crippen molar-refractivity contribution in [1.29, 1.82) is 0 Å². The number of amides is 2. The normalized spacial score (nSPS) is 18.5. The Balaban J connectivity index is 1.81. The van der Waals surface area contributed by atoms with E-state index in [0.717, 1.165) is 23.3 Å². The molecule has 0 saturated carbocycles. The summed E-state index contributed by atoms with van der Waals surface area (Å²) < 4.78 is 5.18. The number of ether oxygens (including phenoxy) is 1. The van der Waals surface area contributed by atoms with E-state index in [1.165, 1.54) is 0 Å². The van der Waals surface area contributed by atoms with Crippen LogP contribution in [-0.4, -0.2) is 35.9 Å². The van der Waals surface area contributed by atoms with Gasteiger partial charge in [-0.25, -0.2) is 0 Å². The molecular formula is C24H30N2O3. The zero-order valence-electron chi connectivity index (χ0n) is 17.7. The van der Waals surface area contributed by atoms with Gasteiger partial charge >= 0.3 is 0 Å². The van der Waals surface area contributed by atoms with Gasteiger partial charge in [-0.2, -0.15) is 0 Å². The minimum Gasteiger partial charge on any atom is -0.497 e. The molecule has 1 atom stereocenters. The van der Waals surface area contributed by atoms with Gasteiger partial charge in [0.2, 0.25) is 5.91 Å². The van der Waals surface area contributed by atoms with E-state index in [-0.39, 0.29) is 11.8 Å². The number of hydrogen-bond acceptors (Lipinski definition) is 3. The summed E-state index contributed by atoms with van der Waals surface area (Å²) in [6.07, 6.45) is 1.37. The summed E-state index contributed by atoms with van der Waals surface area (Å²) in [5, 5.41) is 3.04. The average molecular weight is 395 g/mol. The van der Waals surface area contributed by atoms with Crippen LogP contribution in [0.25, 0.3) is 0 Å². The molecule has 1 aliphatic heterocycles. The van der Waals surface area contributed by atoms with Crippen molar-refractivity contribution in [2.45, 2.75) is 45.7 Å². The molecular weight excluding hydrogens is 364 g/mol. The predicted octanol–water partition coefficient (Wildman–Crippen LogP) is 3.81. The Kier molecular flexibility index (Phi) is 6.26. The Hall–Kier alpha value is -2.82.